The van der Waals surface area contributed by atoms with Gasteiger partial charge in [-0.05, 0) is 35.3 Å². The van der Waals surface area contributed by atoms with Gasteiger partial charge in [-0.1, -0.05) is 74.8 Å². The normalized spacial score (nSPS) is 14.1. The molecule has 1 aromatic rings. The van der Waals surface area contributed by atoms with Gasteiger partial charge in [0.15, 0.2) is 0 Å². The van der Waals surface area contributed by atoms with Gasteiger partial charge in [-0.15, -0.1) is 0 Å². The van der Waals surface area contributed by atoms with E-state index in [1.165, 1.54) is 17.5 Å². The van der Waals surface area contributed by atoms with Crippen molar-refractivity contribution >= 4 is 15.9 Å². The Bertz CT molecular complexity index is 330. The first-order valence-electron chi connectivity index (χ1n) is 6.51. The average Bonchev–Trinajstić information content (AvgIpc) is 2.15. The smallest absolute Gasteiger partial charge is 0.0400 e. The minimum absolute atomic E-state index is 0.366. The zero-order chi connectivity index (χ0) is 13.1. The van der Waals surface area contributed by atoms with Gasteiger partial charge in [0.1, 0.15) is 0 Å². The SMILES string of the molecule is CC(C)Cc1ccc(C(Br)CC(C)(C)C)cc1. The van der Waals surface area contributed by atoms with Crippen LogP contribution < -0.4 is 0 Å². The Hall–Kier alpha value is -0.300. The molecular weight excluding hydrogens is 272 g/mol. The molecule has 0 aromatic heterocycles. The maximum atomic E-state index is 3.80. The van der Waals surface area contributed by atoms with Gasteiger partial charge < -0.3 is 0 Å². The number of hydrogen-bond acceptors (Lipinski definition) is 0. The van der Waals surface area contributed by atoms with Gasteiger partial charge in [0.25, 0.3) is 0 Å². The van der Waals surface area contributed by atoms with Gasteiger partial charge in [0, 0.05) is 4.83 Å². The monoisotopic (exact) mass is 296 g/mol. The Labute approximate surface area is 115 Å². The van der Waals surface area contributed by atoms with Gasteiger partial charge in [-0.2, -0.15) is 0 Å². The maximum absolute atomic E-state index is 3.80. The molecule has 0 aliphatic heterocycles. The van der Waals surface area contributed by atoms with Crippen LogP contribution in [0.1, 0.15) is 57.0 Å². The third kappa shape index (κ3) is 5.72. The van der Waals surface area contributed by atoms with Crippen molar-refractivity contribution in [1.82, 2.24) is 0 Å². The van der Waals surface area contributed by atoms with Gasteiger partial charge in [-0.3, -0.25) is 0 Å². The van der Waals surface area contributed by atoms with E-state index in [1.807, 2.05) is 0 Å². The lowest BCUT2D eigenvalue weighted by Crippen LogP contribution is -2.08. The van der Waals surface area contributed by atoms with Crippen LogP contribution in [-0.4, -0.2) is 0 Å². The Kier molecular flexibility index (Phi) is 5.24. The van der Waals surface area contributed by atoms with Crippen LogP contribution in [0.5, 0.6) is 0 Å². The third-order valence-corrected chi connectivity index (χ3v) is 3.63. The fourth-order valence-electron chi connectivity index (χ4n) is 1.99. The predicted octanol–water partition coefficient (Wildman–Crippen LogP) is 5.76. The minimum Gasteiger partial charge on any atom is -0.0839 e. The van der Waals surface area contributed by atoms with Crippen molar-refractivity contribution in [3.8, 4) is 0 Å². The van der Waals surface area contributed by atoms with E-state index in [2.05, 4.69) is 74.8 Å². The second kappa shape index (κ2) is 6.04. The van der Waals surface area contributed by atoms with Crippen molar-refractivity contribution in [2.75, 3.05) is 0 Å². The molecule has 0 bridgehead atoms. The quantitative estimate of drug-likeness (QED) is 0.620. The molecule has 0 spiro atoms. The number of hydrogen-bond donors (Lipinski definition) is 0. The van der Waals surface area contributed by atoms with Crippen molar-refractivity contribution < 1.29 is 0 Å². The Morgan fingerprint density at radius 3 is 2.00 bits per heavy atom. The first-order valence-corrected chi connectivity index (χ1v) is 7.42. The molecule has 0 saturated carbocycles. The van der Waals surface area contributed by atoms with Gasteiger partial charge >= 0.3 is 0 Å². The van der Waals surface area contributed by atoms with E-state index in [9.17, 15) is 0 Å². The molecule has 0 nitrogen and oxygen atoms in total. The molecule has 1 heteroatoms. The summed E-state index contributed by atoms with van der Waals surface area (Å²) in [6.07, 6.45) is 2.34. The highest BCUT2D eigenvalue weighted by molar-refractivity contribution is 9.09. The summed E-state index contributed by atoms with van der Waals surface area (Å²) in [6.45, 7) is 11.4. The standard InChI is InChI=1S/C16H25Br/c1-12(2)10-13-6-8-14(9-7-13)15(17)11-16(3,4)5/h6-9,12,15H,10-11H2,1-5H3. The Morgan fingerprint density at radius 2 is 1.59 bits per heavy atom. The maximum Gasteiger partial charge on any atom is 0.0400 e. The molecule has 1 unspecified atom stereocenters. The van der Waals surface area contributed by atoms with Crippen LogP contribution in [0, 0.1) is 11.3 Å². The summed E-state index contributed by atoms with van der Waals surface area (Å²) in [7, 11) is 0. The summed E-state index contributed by atoms with van der Waals surface area (Å²) in [5.74, 6) is 0.732. The van der Waals surface area contributed by atoms with Crippen molar-refractivity contribution in [2.45, 2.75) is 52.3 Å². The molecule has 0 radical (unpaired) electrons. The first kappa shape index (κ1) is 14.8. The van der Waals surface area contributed by atoms with E-state index in [4.69, 9.17) is 0 Å². The van der Waals surface area contributed by atoms with Crippen molar-refractivity contribution in [3.63, 3.8) is 0 Å². The van der Waals surface area contributed by atoms with Crippen LogP contribution in [0.4, 0.5) is 0 Å². The molecule has 1 atom stereocenters. The molecule has 0 saturated heterocycles. The Balaban J connectivity index is 2.67. The lowest BCUT2D eigenvalue weighted by atomic mass is 9.88. The third-order valence-electron chi connectivity index (χ3n) is 2.78. The van der Waals surface area contributed by atoms with E-state index >= 15 is 0 Å². The average molecular weight is 297 g/mol. The minimum atomic E-state index is 0.366. The molecule has 0 aliphatic carbocycles. The second-order valence-electron chi connectivity index (χ2n) is 6.57. The van der Waals surface area contributed by atoms with Crippen molar-refractivity contribution in [2.24, 2.45) is 11.3 Å². The van der Waals surface area contributed by atoms with E-state index in [0.29, 0.717) is 10.2 Å². The number of benzene rings is 1. The summed E-state index contributed by atoms with van der Waals surface area (Å²) >= 11 is 3.80. The lowest BCUT2D eigenvalue weighted by Gasteiger charge is -2.22. The molecule has 0 aliphatic rings. The van der Waals surface area contributed by atoms with E-state index in [0.717, 1.165) is 12.3 Å². The summed E-state index contributed by atoms with van der Waals surface area (Å²) < 4.78 is 0. The highest BCUT2D eigenvalue weighted by Gasteiger charge is 2.17. The molecule has 96 valence electrons. The van der Waals surface area contributed by atoms with Gasteiger partial charge in [0.2, 0.25) is 0 Å². The van der Waals surface area contributed by atoms with Crippen LogP contribution >= 0.6 is 15.9 Å². The molecule has 17 heavy (non-hydrogen) atoms. The summed E-state index contributed by atoms with van der Waals surface area (Å²) in [5, 5.41) is 0. The molecule has 0 fully saturated rings. The zero-order valence-corrected chi connectivity index (χ0v) is 13.3. The van der Waals surface area contributed by atoms with Crippen LogP contribution in [0.2, 0.25) is 0 Å². The van der Waals surface area contributed by atoms with Gasteiger partial charge in [-0.25, -0.2) is 0 Å². The molecule has 1 rings (SSSR count). The fourth-order valence-corrected chi connectivity index (χ4v) is 3.27. The predicted molar refractivity (Wildman–Crippen MR) is 80.7 cm³/mol. The molecule has 0 N–H and O–H groups in total. The Morgan fingerprint density at radius 1 is 1.06 bits per heavy atom. The first-order chi connectivity index (χ1) is 7.78. The molecule has 0 amide bonds. The van der Waals surface area contributed by atoms with Crippen molar-refractivity contribution in [1.29, 1.82) is 0 Å². The highest BCUT2D eigenvalue weighted by atomic mass is 79.9. The highest BCUT2D eigenvalue weighted by Crippen LogP contribution is 2.35. The zero-order valence-electron chi connectivity index (χ0n) is 11.8. The second-order valence-corrected chi connectivity index (χ2v) is 7.68. The van der Waals surface area contributed by atoms with E-state index < -0.39 is 0 Å². The van der Waals surface area contributed by atoms with Crippen LogP contribution in [-0.2, 0) is 6.42 Å². The van der Waals surface area contributed by atoms with Crippen LogP contribution in [0.15, 0.2) is 24.3 Å². The molecule has 1 aromatic carbocycles. The lowest BCUT2D eigenvalue weighted by molar-refractivity contribution is 0.377. The van der Waals surface area contributed by atoms with E-state index in [1.54, 1.807) is 0 Å². The van der Waals surface area contributed by atoms with Crippen LogP contribution in [0.25, 0.3) is 0 Å². The van der Waals surface area contributed by atoms with E-state index in [-0.39, 0.29) is 0 Å². The fraction of sp³-hybridized carbons (Fsp3) is 0.625. The summed E-state index contributed by atoms with van der Waals surface area (Å²) in [4.78, 5) is 0.468. The topological polar surface area (TPSA) is 0 Å². The summed E-state index contributed by atoms with van der Waals surface area (Å²) in [5.41, 5.74) is 3.21. The molecule has 0 heterocycles. The van der Waals surface area contributed by atoms with Crippen LogP contribution in [0.3, 0.4) is 0 Å². The number of alkyl halides is 1. The summed E-state index contributed by atoms with van der Waals surface area (Å²) in [6, 6.07) is 9.07. The van der Waals surface area contributed by atoms with Gasteiger partial charge in [0.05, 0.1) is 0 Å². The number of halogens is 1. The molecular formula is C16H25Br. The number of rotatable bonds is 4. The van der Waals surface area contributed by atoms with Crippen molar-refractivity contribution in [3.05, 3.63) is 35.4 Å². The largest absolute Gasteiger partial charge is 0.0839 e.